The second kappa shape index (κ2) is 6.88. The topological polar surface area (TPSA) is 26.0 Å². The summed E-state index contributed by atoms with van der Waals surface area (Å²) in [6.45, 7) is 2.23. The van der Waals surface area contributed by atoms with Crippen molar-refractivity contribution in [3.8, 4) is 0 Å². The largest absolute Gasteiger partial charge is 0.360 e. The molecule has 0 aliphatic heterocycles. The fourth-order valence-electron chi connectivity index (χ4n) is 1.45. The molecule has 1 heterocycles. The highest BCUT2D eigenvalue weighted by Crippen LogP contribution is 2.10. The Balaban J connectivity index is 2.12. The van der Waals surface area contributed by atoms with Crippen LogP contribution in [0.3, 0.4) is 0 Å². The molecule has 3 heteroatoms. The van der Waals surface area contributed by atoms with Crippen LogP contribution in [0.4, 0.5) is 0 Å². The molecule has 2 nitrogen and oxygen atoms in total. The van der Waals surface area contributed by atoms with Gasteiger partial charge in [-0.3, -0.25) is 0 Å². The molecule has 0 aliphatic carbocycles. The summed E-state index contributed by atoms with van der Waals surface area (Å²) in [5, 5.41) is 3.95. The zero-order valence-electron chi connectivity index (χ0n) is 8.76. The summed E-state index contributed by atoms with van der Waals surface area (Å²) in [4.78, 5) is 0. The van der Waals surface area contributed by atoms with Crippen LogP contribution in [0.2, 0.25) is 0 Å². The maximum absolute atomic E-state index is 5.61. The highest BCUT2D eigenvalue weighted by molar-refractivity contribution is 6.16. The average molecular weight is 216 g/mol. The third-order valence-corrected chi connectivity index (χ3v) is 2.54. The molecule has 0 unspecified atom stereocenters. The number of hydrogen-bond acceptors (Lipinski definition) is 2. The molecule has 14 heavy (non-hydrogen) atoms. The molecule has 0 radical (unpaired) electrons. The minimum absolute atomic E-state index is 0.419. The van der Waals surface area contributed by atoms with Crippen LogP contribution < -0.4 is 0 Å². The number of nitrogens with zero attached hydrogens (tertiary/aromatic N) is 1. The van der Waals surface area contributed by atoms with Crippen molar-refractivity contribution in [3.05, 3.63) is 17.5 Å². The van der Waals surface area contributed by atoms with Gasteiger partial charge in [0, 0.05) is 6.07 Å². The molecule has 0 amide bonds. The fourth-order valence-corrected chi connectivity index (χ4v) is 1.57. The molecule has 0 saturated carbocycles. The molecular weight excluding hydrogens is 198 g/mol. The number of rotatable bonds is 7. The quantitative estimate of drug-likeness (QED) is 0.509. The van der Waals surface area contributed by atoms with Crippen LogP contribution in [0.25, 0.3) is 0 Å². The van der Waals surface area contributed by atoms with Gasteiger partial charge in [0.15, 0.2) is 5.76 Å². The minimum atomic E-state index is 0.419. The van der Waals surface area contributed by atoms with E-state index >= 15 is 0 Å². The number of aromatic nitrogens is 1. The summed E-state index contributed by atoms with van der Waals surface area (Å²) in [6.07, 6.45) is 7.47. The predicted molar refractivity (Wildman–Crippen MR) is 58.5 cm³/mol. The lowest BCUT2D eigenvalue weighted by molar-refractivity contribution is 0.386. The standard InChI is InChI=1S/C11H18ClNO/c1-2-3-4-5-6-7-10-8-11(9-12)14-13-10/h8H,2-7,9H2,1H3. The zero-order chi connectivity index (χ0) is 10.2. The van der Waals surface area contributed by atoms with Crippen molar-refractivity contribution in [1.82, 2.24) is 5.16 Å². The van der Waals surface area contributed by atoms with E-state index in [2.05, 4.69) is 12.1 Å². The lowest BCUT2D eigenvalue weighted by atomic mass is 10.1. The van der Waals surface area contributed by atoms with Gasteiger partial charge in [-0.05, 0) is 12.8 Å². The van der Waals surface area contributed by atoms with Gasteiger partial charge >= 0.3 is 0 Å². The monoisotopic (exact) mass is 215 g/mol. The van der Waals surface area contributed by atoms with Crippen LogP contribution in [-0.2, 0) is 12.3 Å². The molecule has 0 aromatic carbocycles. The molecule has 1 aromatic heterocycles. The van der Waals surface area contributed by atoms with E-state index in [-0.39, 0.29) is 0 Å². The number of alkyl halides is 1. The Hall–Kier alpha value is -0.500. The van der Waals surface area contributed by atoms with E-state index in [0.29, 0.717) is 5.88 Å². The molecule has 0 atom stereocenters. The van der Waals surface area contributed by atoms with Gasteiger partial charge < -0.3 is 4.52 Å². The molecular formula is C11H18ClNO. The highest BCUT2D eigenvalue weighted by atomic mass is 35.5. The Bertz CT molecular complexity index is 247. The van der Waals surface area contributed by atoms with Crippen molar-refractivity contribution in [2.45, 2.75) is 51.3 Å². The normalized spacial score (nSPS) is 10.7. The van der Waals surface area contributed by atoms with E-state index in [1.165, 1.54) is 32.1 Å². The van der Waals surface area contributed by atoms with Crippen LogP contribution in [0, 0.1) is 0 Å². The Morgan fingerprint density at radius 3 is 2.71 bits per heavy atom. The summed E-state index contributed by atoms with van der Waals surface area (Å²) in [7, 11) is 0. The van der Waals surface area contributed by atoms with Crippen LogP contribution in [0.1, 0.15) is 50.5 Å². The van der Waals surface area contributed by atoms with Gasteiger partial charge in [0.05, 0.1) is 11.6 Å². The Morgan fingerprint density at radius 1 is 1.29 bits per heavy atom. The van der Waals surface area contributed by atoms with Gasteiger partial charge in [-0.1, -0.05) is 37.8 Å². The van der Waals surface area contributed by atoms with Gasteiger partial charge in [0.1, 0.15) is 0 Å². The summed E-state index contributed by atoms with van der Waals surface area (Å²) < 4.78 is 5.01. The Morgan fingerprint density at radius 2 is 2.07 bits per heavy atom. The first-order valence-corrected chi connectivity index (χ1v) is 5.90. The Labute approximate surface area is 90.6 Å². The van der Waals surface area contributed by atoms with E-state index in [1.807, 2.05) is 6.07 Å². The highest BCUT2D eigenvalue weighted by Gasteiger charge is 2.01. The smallest absolute Gasteiger partial charge is 0.151 e. The summed E-state index contributed by atoms with van der Waals surface area (Å²) >= 11 is 5.61. The van der Waals surface area contributed by atoms with Gasteiger partial charge in [0.2, 0.25) is 0 Å². The number of halogens is 1. The summed E-state index contributed by atoms with van der Waals surface area (Å²) in [6, 6.07) is 1.95. The van der Waals surface area contributed by atoms with Gasteiger partial charge in [-0.15, -0.1) is 11.6 Å². The number of hydrogen-bond donors (Lipinski definition) is 0. The van der Waals surface area contributed by atoms with Crippen LogP contribution in [0.5, 0.6) is 0 Å². The molecule has 0 saturated heterocycles. The molecule has 0 aliphatic rings. The summed E-state index contributed by atoms with van der Waals surface area (Å²) in [5.41, 5.74) is 1.04. The number of aryl methyl sites for hydroxylation is 1. The van der Waals surface area contributed by atoms with E-state index in [0.717, 1.165) is 17.9 Å². The first-order chi connectivity index (χ1) is 6.86. The maximum atomic E-state index is 5.61. The molecule has 0 spiro atoms. The van der Waals surface area contributed by atoms with Crippen molar-refractivity contribution in [3.63, 3.8) is 0 Å². The SMILES string of the molecule is CCCCCCCc1cc(CCl)on1. The van der Waals surface area contributed by atoms with Crippen molar-refractivity contribution < 1.29 is 4.52 Å². The van der Waals surface area contributed by atoms with E-state index < -0.39 is 0 Å². The van der Waals surface area contributed by atoms with Gasteiger partial charge in [0.25, 0.3) is 0 Å². The van der Waals surface area contributed by atoms with Gasteiger partial charge in [-0.2, -0.15) is 0 Å². The van der Waals surface area contributed by atoms with Gasteiger partial charge in [-0.25, -0.2) is 0 Å². The average Bonchev–Trinajstić information content (AvgIpc) is 2.65. The van der Waals surface area contributed by atoms with E-state index in [4.69, 9.17) is 16.1 Å². The second-order valence-corrected chi connectivity index (χ2v) is 3.85. The lowest BCUT2D eigenvalue weighted by Crippen LogP contribution is -1.85. The molecule has 1 aromatic rings. The molecule has 1 rings (SSSR count). The molecule has 0 fully saturated rings. The fraction of sp³-hybridized carbons (Fsp3) is 0.727. The predicted octanol–water partition coefficient (Wildman–Crippen LogP) is 3.93. The zero-order valence-corrected chi connectivity index (χ0v) is 9.52. The molecule has 0 bridgehead atoms. The van der Waals surface area contributed by atoms with Crippen LogP contribution in [-0.4, -0.2) is 5.16 Å². The third kappa shape index (κ3) is 4.14. The lowest BCUT2D eigenvalue weighted by Gasteiger charge is -1.96. The van der Waals surface area contributed by atoms with Crippen LogP contribution >= 0.6 is 11.6 Å². The maximum Gasteiger partial charge on any atom is 0.151 e. The first kappa shape index (κ1) is 11.6. The number of unbranched alkanes of at least 4 members (excludes halogenated alkanes) is 4. The van der Waals surface area contributed by atoms with Crippen molar-refractivity contribution in [2.24, 2.45) is 0 Å². The minimum Gasteiger partial charge on any atom is -0.360 e. The van der Waals surface area contributed by atoms with E-state index in [1.54, 1.807) is 0 Å². The second-order valence-electron chi connectivity index (χ2n) is 3.58. The van der Waals surface area contributed by atoms with Crippen molar-refractivity contribution in [1.29, 1.82) is 0 Å². The van der Waals surface area contributed by atoms with Crippen LogP contribution in [0.15, 0.2) is 10.6 Å². The van der Waals surface area contributed by atoms with Crippen molar-refractivity contribution >= 4 is 11.6 Å². The molecule has 0 N–H and O–H groups in total. The first-order valence-electron chi connectivity index (χ1n) is 5.37. The summed E-state index contributed by atoms with van der Waals surface area (Å²) in [5.74, 6) is 1.19. The molecule has 80 valence electrons. The van der Waals surface area contributed by atoms with E-state index in [9.17, 15) is 0 Å². The Kier molecular flexibility index (Phi) is 5.69. The van der Waals surface area contributed by atoms with Crippen molar-refractivity contribution in [2.75, 3.05) is 0 Å². The third-order valence-electron chi connectivity index (χ3n) is 2.28.